The minimum absolute atomic E-state index is 0.0505. The number of hydrogen-bond acceptors (Lipinski definition) is 4. The maximum Gasteiger partial charge on any atom is 0.301 e. The van der Waals surface area contributed by atoms with Crippen molar-refractivity contribution < 1.29 is 22.0 Å². The molecule has 0 atom stereocenters. The molecule has 0 aliphatic rings. The maximum absolute atomic E-state index is 14.8. The lowest BCUT2D eigenvalue weighted by Crippen LogP contribution is -2.29. The summed E-state index contributed by atoms with van der Waals surface area (Å²) < 4.78 is 55.6. The third-order valence-corrected chi connectivity index (χ3v) is 5.43. The third-order valence-electron chi connectivity index (χ3n) is 3.78. The summed E-state index contributed by atoms with van der Waals surface area (Å²) >= 11 is 5.87. The van der Waals surface area contributed by atoms with Crippen molar-refractivity contribution in [3.8, 4) is 0 Å². The van der Waals surface area contributed by atoms with Crippen LogP contribution in [0, 0.1) is 11.6 Å². The highest BCUT2D eigenvalue weighted by molar-refractivity contribution is 7.90. The van der Waals surface area contributed by atoms with Gasteiger partial charge in [0.05, 0.1) is 16.3 Å². The van der Waals surface area contributed by atoms with Gasteiger partial charge in [0.2, 0.25) is 5.78 Å². The second-order valence-corrected chi connectivity index (χ2v) is 8.08. The Hall–Kier alpha value is -2.56. The number of hydrogen-bond donors (Lipinski definition) is 2. The van der Waals surface area contributed by atoms with Gasteiger partial charge in [-0.1, -0.05) is 11.6 Å². The van der Waals surface area contributed by atoms with Crippen LogP contribution in [0.25, 0.3) is 11.0 Å². The topological polar surface area (TPSA) is 95.2 Å². The highest BCUT2D eigenvalue weighted by atomic mass is 35.5. The number of carbonyl (C=O) groups is 1. The zero-order chi connectivity index (χ0) is 19.9. The van der Waals surface area contributed by atoms with E-state index in [2.05, 4.69) is 9.97 Å². The van der Waals surface area contributed by atoms with E-state index in [1.165, 1.54) is 32.6 Å². The fraction of sp³-hybridized carbons (Fsp3) is 0.125. The molecule has 0 radical (unpaired) electrons. The van der Waals surface area contributed by atoms with Crippen LogP contribution in [0.15, 0.2) is 30.6 Å². The average Bonchev–Trinajstić information content (AvgIpc) is 3.00. The molecule has 7 nitrogen and oxygen atoms in total. The monoisotopic (exact) mass is 414 g/mol. The Kier molecular flexibility index (Phi) is 4.89. The predicted octanol–water partition coefficient (Wildman–Crippen LogP) is 2.94. The Balaban J connectivity index is 2.12. The Morgan fingerprint density at radius 1 is 1.30 bits per heavy atom. The van der Waals surface area contributed by atoms with Crippen molar-refractivity contribution in [1.29, 1.82) is 0 Å². The van der Waals surface area contributed by atoms with Crippen LogP contribution in [0.4, 0.5) is 14.5 Å². The number of pyridine rings is 1. The number of halogens is 3. The summed E-state index contributed by atoms with van der Waals surface area (Å²) in [6, 6.07) is 3.14. The molecule has 3 rings (SSSR count). The molecule has 0 fully saturated rings. The van der Waals surface area contributed by atoms with E-state index in [1.807, 2.05) is 4.72 Å². The van der Waals surface area contributed by atoms with E-state index < -0.39 is 38.9 Å². The second kappa shape index (κ2) is 6.87. The van der Waals surface area contributed by atoms with Crippen LogP contribution < -0.4 is 4.72 Å². The zero-order valence-corrected chi connectivity index (χ0v) is 15.6. The Labute approximate surface area is 158 Å². The minimum Gasteiger partial charge on any atom is -0.345 e. The van der Waals surface area contributed by atoms with Gasteiger partial charge in [-0.2, -0.15) is 12.7 Å². The van der Waals surface area contributed by atoms with Gasteiger partial charge in [0.25, 0.3) is 0 Å². The van der Waals surface area contributed by atoms with E-state index in [9.17, 15) is 22.0 Å². The summed E-state index contributed by atoms with van der Waals surface area (Å²) in [7, 11) is -1.58. The SMILES string of the molecule is CN(C)S(=O)(=O)Nc1ccc(F)c(C(=O)c2c[nH]c3ncc(Cl)cc23)c1F. The first kappa shape index (κ1) is 19.2. The van der Waals surface area contributed by atoms with Crippen molar-refractivity contribution in [2.45, 2.75) is 0 Å². The van der Waals surface area contributed by atoms with Crippen LogP contribution in [0.2, 0.25) is 5.02 Å². The third kappa shape index (κ3) is 3.51. The number of benzene rings is 1. The van der Waals surface area contributed by atoms with E-state index in [4.69, 9.17) is 11.6 Å². The fourth-order valence-electron chi connectivity index (χ4n) is 2.37. The summed E-state index contributed by atoms with van der Waals surface area (Å²) in [5, 5.41) is 0.523. The van der Waals surface area contributed by atoms with Crippen molar-refractivity contribution in [3.63, 3.8) is 0 Å². The maximum atomic E-state index is 14.8. The van der Waals surface area contributed by atoms with E-state index in [1.54, 1.807) is 0 Å². The molecule has 0 spiro atoms. The number of H-pyrrole nitrogens is 1. The molecule has 0 unspecified atom stereocenters. The minimum atomic E-state index is -4.05. The molecule has 0 amide bonds. The molecule has 0 aliphatic carbocycles. The molecule has 11 heteroatoms. The van der Waals surface area contributed by atoms with Crippen LogP contribution in [0.1, 0.15) is 15.9 Å². The van der Waals surface area contributed by atoms with Gasteiger partial charge in [0.15, 0.2) is 5.82 Å². The molecular formula is C16H13ClF2N4O3S. The normalized spacial score (nSPS) is 11.9. The summed E-state index contributed by atoms with van der Waals surface area (Å²) in [6.07, 6.45) is 2.61. The summed E-state index contributed by atoms with van der Waals surface area (Å²) in [5.41, 5.74) is -1.18. The number of rotatable bonds is 5. The molecule has 2 N–H and O–H groups in total. The van der Waals surface area contributed by atoms with Crippen molar-refractivity contribution in [2.24, 2.45) is 0 Å². The Morgan fingerprint density at radius 2 is 2.00 bits per heavy atom. The first-order chi connectivity index (χ1) is 12.6. The number of ketones is 1. The van der Waals surface area contributed by atoms with Crippen LogP contribution in [-0.4, -0.2) is 42.6 Å². The van der Waals surface area contributed by atoms with Crippen molar-refractivity contribution in [1.82, 2.24) is 14.3 Å². The van der Waals surface area contributed by atoms with Crippen LogP contribution in [0.5, 0.6) is 0 Å². The number of anilines is 1. The number of nitrogens with one attached hydrogen (secondary N) is 2. The molecule has 27 heavy (non-hydrogen) atoms. The van der Waals surface area contributed by atoms with Crippen LogP contribution in [-0.2, 0) is 10.2 Å². The molecule has 0 saturated carbocycles. The number of aromatic amines is 1. The molecule has 0 saturated heterocycles. The molecular weight excluding hydrogens is 402 g/mol. The van der Waals surface area contributed by atoms with E-state index >= 15 is 0 Å². The van der Waals surface area contributed by atoms with E-state index in [0.717, 1.165) is 16.4 Å². The first-order valence-corrected chi connectivity index (χ1v) is 9.29. The highest BCUT2D eigenvalue weighted by Gasteiger charge is 2.26. The average molecular weight is 415 g/mol. The van der Waals surface area contributed by atoms with Gasteiger partial charge >= 0.3 is 10.2 Å². The lowest BCUT2D eigenvalue weighted by Gasteiger charge is -2.15. The summed E-state index contributed by atoms with van der Waals surface area (Å²) in [6.45, 7) is 0. The van der Waals surface area contributed by atoms with Gasteiger partial charge in [0, 0.05) is 37.4 Å². The highest BCUT2D eigenvalue weighted by Crippen LogP contribution is 2.28. The largest absolute Gasteiger partial charge is 0.345 e. The zero-order valence-electron chi connectivity index (χ0n) is 14.0. The van der Waals surface area contributed by atoms with Gasteiger partial charge in [-0.15, -0.1) is 0 Å². The molecule has 0 aliphatic heterocycles. The summed E-state index contributed by atoms with van der Waals surface area (Å²) in [5.74, 6) is -3.43. The van der Waals surface area contributed by atoms with Crippen LogP contribution in [0.3, 0.4) is 0 Å². The fourth-order valence-corrected chi connectivity index (χ4v) is 3.15. The van der Waals surface area contributed by atoms with E-state index in [0.29, 0.717) is 5.65 Å². The molecule has 2 aromatic heterocycles. The van der Waals surface area contributed by atoms with Crippen molar-refractivity contribution >= 4 is 44.3 Å². The lowest BCUT2D eigenvalue weighted by molar-refractivity contribution is 0.103. The number of carbonyl (C=O) groups excluding carboxylic acids is 1. The van der Waals surface area contributed by atoms with E-state index in [-0.39, 0.29) is 16.0 Å². The number of aromatic nitrogens is 2. The van der Waals surface area contributed by atoms with Gasteiger partial charge in [0.1, 0.15) is 11.5 Å². The Morgan fingerprint density at radius 3 is 2.67 bits per heavy atom. The van der Waals surface area contributed by atoms with Crippen molar-refractivity contribution in [3.05, 3.63) is 58.4 Å². The van der Waals surface area contributed by atoms with Gasteiger partial charge in [-0.25, -0.2) is 13.8 Å². The molecule has 3 aromatic rings. The standard InChI is InChI=1S/C16H13ClF2N4O3S/c1-23(2)27(25,26)22-12-4-3-11(18)13(14(12)19)15(24)10-7-21-16-9(10)5-8(17)6-20-16/h3-7,22H,1-2H3,(H,20,21). The Bertz CT molecular complexity index is 1160. The molecule has 142 valence electrons. The molecule has 1 aromatic carbocycles. The first-order valence-electron chi connectivity index (χ1n) is 7.47. The summed E-state index contributed by atoms with van der Waals surface area (Å²) in [4.78, 5) is 19.5. The molecule has 2 heterocycles. The van der Waals surface area contributed by atoms with Crippen molar-refractivity contribution in [2.75, 3.05) is 18.8 Å². The molecule has 0 bridgehead atoms. The van der Waals surface area contributed by atoms with Crippen LogP contribution >= 0.6 is 11.6 Å². The lowest BCUT2D eigenvalue weighted by atomic mass is 10.0. The van der Waals surface area contributed by atoms with Gasteiger partial charge in [-0.05, 0) is 18.2 Å². The second-order valence-electron chi connectivity index (χ2n) is 5.75. The number of nitrogens with zero attached hydrogens (tertiary/aromatic N) is 2. The van der Waals surface area contributed by atoms with Gasteiger partial charge in [-0.3, -0.25) is 9.52 Å². The quantitative estimate of drug-likeness (QED) is 0.627. The predicted molar refractivity (Wildman–Crippen MR) is 97.1 cm³/mol. The van der Waals surface area contributed by atoms with Gasteiger partial charge < -0.3 is 4.98 Å². The number of fused-ring (bicyclic) bond motifs is 1. The smallest absolute Gasteiger partial charge is 0.301 e.